The number of hydrogen-bond donors (Lipinski definition) is 1. The van der Waals surface area contributed by atoms with E-state index in [0.29, 0.717) is 23.8 Å². The second-order valence-corrected chi connectivity index (χ2v) is 5.69. The van der Waals surface area contributed by atoms with Crippen LogP contribution in [0.4, 0.5) is 5.69 Å². The number of carbonyl (C=O) groups excluding carboxylic acids is 1. The first-order valence-corrected chi connectivity index (χ1v) is 7.37. The Morgan fingerprint density at radius 3 is 2.48 bits per heavy atom. The largest absolute Gasteiger partial charge is 0.398 e. The van der Waals surface area contributed by atoms with E-state index in [0.717, 1.165) is 24.0 Å². The zero-order valence-electron chi connectivity index (χ0n) is 12.3. The lowest BCUT2D eigenvalue weighted by atomic mass is 10.0. The molecule has 2 aromatic rings. The van der Waals surface area contributed by atoms with Gasteiger partial charge in [-0.15, -0.1) is 0 Å². The third kappa shape index (κ3) is 2.92. The van der Waals surface area contributed by atoms with E-state index < -0.39 is 0 Å². The van der Waals surface area contributed by atoms with Crippen molar-refractivity contribution in [1.29, 1.82) is 0 Å². The summed E-state index contributed by atoms with van der Waals surface area (Å²) in [6.45, 7) is 2.59. The Labute approximate surface area is 125 Å². The topological polar surface area (TPSA) is 46.3 Å². The Morgan fingerprint density at radius 1 is 1.14 bits per heavy atom. The minimum Gasteiger partial charge on any atom is -0.398 e. The molecule has 1 amide bonds. The van der Waals surface area contributed by atoms with E-state index in [1.54, 1.807) is 6.07 Å². The predicted octanol–water partition coefficient (Wildman–Crippen LogP) is 3.38. The van der Waals surface area contributed by atoms with E-state index >= 15 is 0 Å². The van der Waals surface area contributed by atoms with Crippen molar-refractivity contribution in [2.75, 3.05) is 5.73 Å². The predicted molar refractivity (Wildman–Crippen MR) is 84.9 cm³/mol. The Morgan fingerprint density at radius 2 is 1.86 bits per heavy atom. The fraction of sp³-hybridized carbons (Fsp3) is 0.278. The van der Waals surface area contributed by atoms with E-state index in [1.807, 2.05) is 42.2 Å². The molecular formula is C18H20N2O. The maximum Gasteiger partial charge on any atom is 0.256 e. The van der Waals surface area contributed by atoms with Crippen molar-refractivity contribution < 1.29 is 4.79 Å². The molecule has 3 nitrogen and oxygen atoms in total. The van der Waals surface area contributed by atoms with Crippen LogP contribution in [0, 0.1) is 6.92 Å². The van der Waals surface area contributed by atoms with Crippen LogP contribution in [0.3, 0.4) is 0 Å². The lowest BCUT2D eigenvalue weighted by Crippen LogP contribution is -2.33. The number of anilines is 1. The molecule has 2 N–H and O–H groups in total. The van der Waals surface area contributed by atoms with Crippen LogP contribution < -0.4 is 5.73 Å². The highest BCUT2D eigenvalue weighted by atomic mass is 16.2. The molecule has 1 saturated carbocycles. The molecule has 2 aromatic carbocycles. The molecule has 0 unspecified atom stereocenters. The highest BCUT2D eigenvalue weighted by molar-refractivity contribution is 6.00. The van der Waals surface area contributed by atoms with Crippen LogP contribution in [0.1, 0.15) is 34.3 Å². The standard InChI is InChI=1S/C18H20N2O/c1-13-6-5-9-16(19)17(13)18(21)20(15-10-11-15)12-14-7-3-2-4-8-14/h2-9,15H,10-12,19H2,1H3. The van der Waals surface area contributed by atoms with Crippen LogP contribution in [0.2, 0.25) is 0 Å². The molecule has 108 valence electrons. The van der Waals surface area contributed by atoms with Crippen LogP contribution in [-0.4, -0.2) is 16.8 Å². The monoisotopic (exact) mass is 280 g/mol. The molecule has 0 aliphatic heterocycles. The number of carbonyl (C=O) groups is 1. The molecular weight excluding hydrogens is 260 g/mol. The third-order valence-corrected chi connectivity index (χ3v) is 3.96. The number of rotatable bonds is 4. The molecule has 0 bridgehead atoms. The van der Waals surface area contributed by atoms with Crippen LogP contribution >= 0.6 is 0 Å². The fourth-order valence-corrected chi connectivity index (χ4v) is 2.66. The minimum absolute atomic E-state index is 0.0527. The second kappa shape index (κ2) is 5.60. The molecule has 3 rings (SSSR count). The molecule has 3 heteroatoms. The summed E-state index contributed by atoms with van der Waals surface area (Å²) >= 11 is 0. The van der Waals surface area contributed by atoms with Crippen molar-refractivity contribution in [1.82, 2.24) is 4.90 Å². The number of benzene rings is 2. The van der Waals surface area contributed by atoms with Gasteiger partial charge in [-0.05, 0) is 37.0 Å². The maximum absolute atomic E-state index is 12.9. The number of nitrogen functional groups attached to an aromatic ring is 1. The number of nitrogens with two attached hydrogens (primary N) is 1. The molecule has 0 atom stereocenters. The van der Waals surface area contributed by atoms with Gasteiger partial charge in [-0.25, -0.2) is 0 Å². The first kappa shape index (κ1) is 13.7. The Hall–Kier alpha value is -2.29. The quantitative estimate of drug-likeness (QED) is 0.873. The van der Waals surface area contributed by atoms with Gasteiger partial charge in [-0.3, -0.25) is 4.79 Å². The molecule has 0 heterocycles. The van der Waals surface area contributed by atoms with E-state index in [-0.39, 0.29) is 5.91 Å². The van der Waals surface area contributed by atoms with Crippen LogP contribution in [0.5, 0.6) is 0 Å². The molecule has 1 aliphatic rings. The Kier molecular flexibility index (Phi) is 3.65. The van der Waals surface area contributed by atoms with Crippen LogP contribution in [0.15, 0.2) is 48.5 Å². The van der Waals surface area contributed by atoms with Crippen molar-refractivity contribution in [2.45, 2.75) is 32.4 Å². The first-order chi connectivity index (χ1) is 10.2. The second-order valence-electron chi connectivity index (χ2n) is 5.69. The summed E-state index contributed by atoms with van der Waals surface area (Å²) in [7, 11) is 0. The molecule has 0 radical (unpaired) electrons. The van der Waals surface area contributed by atoms with E-state index in [4.69, 9.17) is 5.73 Å². The normalized spacial score (nSPS) is 14.0. The average molecular weight is 280 g/mol. The summed E-state index contributed by atoms with van der Waals surface area (Å²) < 4.78 is 0. The Balaban J connectivity index is 1.89. The zero-order valence-corrected chi connectivity index (χ0v) is 12.3. The van der Waals surface area contributed by atoms with Gasteiger partial charge < -0.3 is 10.6 Å². The van der Waals surface area contributed by atoms with Crippen molar-refractivity contribution in [3.8, 4) is 0 Å². The third-order valence-electron chi connectivity index (χ3n) is 3.96. The maximum atomic E-state index is 12.9. The Bertz CT molecular complexity index is 627. The van der Waals surface area contributed by atoms with Gasteiger partial charge in [0.2, 0.25) is 0 Å². The van der Waals surface area contributed by atoms with E-state index in [2.05, 4.69) is 12.1 Å². The molecule has 0 saturated heterocycles. The first-order valence-electron chi connectivity index (χ1n) is 7.37. The molecule has 21 heavy (non-hydrogen) atoms. The minimum atomic E-state index is 0.0527. The lowest BCUT2D eigenvalue weighted by Gasteiger charge is -2.24. The van der Waals surface area contributed by atoms with Gasteiger partial charge in [0.1, 0.15) is 0 Å². The average Bonchev–Trinajstić information content (AvgIpc) is 3.30. The number of aryl methyl sites for hydroxylation is 1. The SMILES string of the molecule is Cc1cccc(N)c1C(=O)N(Cc1ccccc1)C1CC1. The molecule has 0 spiro atoms. The highest BCUT2D eigenvalue weighted by Crippen LogP contribution is 2.31. The van der Waals surface area contributed by atoms with Gasteiger partial charge >= 0.3 is 0 Å². The van der Waals surface area contributed by atoms with Gasteiger partial charge in [-0.1, -0.05) is 42.5 Å². The summed E-state index contributed by atoms with van der Waals surface area (Å²) in [5.41, 5.74) is 9.35. The van der Waals surface area contributed by atoms with Crippen LogP contribution in [-0.2, 0) is 6.54 Å². The van der Waals surface area contributed by atoms with Crippen molar-refractivity contribution >= 4 is 11.6 Å². The molecule has 0 aromatic heterocycles. The molecule has 1 aliphatic carbocycles. The number of amides is 1. The summed E-state index contributed by atoms with van der Waals surface area (Å²) in [5.74, 6) is 0.0527. The molecule has 1 fully saturated rings. The van der Waals surface area contributed by atoms with Crippen LogP contribution in [0.25, 0.3) is 0 Å². The summed E-state index contributed by atoms with van der Waals surface area (Å²) in [4.78, 5) is 14.9. The fourth-order valence-electron chi connectivity index (χ4n) is 2.66. The van der Waals surface area contributed by atoms with Crippen molar-refractivity contribution in [2.24, 2.45) is 0 Å². The van der Waals surface area contributed by atoms with Crippen molar-refractivity contribution in [3.63, 3.8) is 0 Å². The van der Waals surface area contributed by atoms with Gasteiger partial charge in [0.05, 0.1) is 5.56 Å². The van der Waals surface area contributed by atoms with Gasteiger partial charge in [0, 0.05) is 18.3 Å². The van der Waals surface area contributed by atoms with E-state index in [9.17, 15) is 4.79 Å². The summed E-state index contributed by atoms with van der Waals surface area (Å²) in [5, 5.41) is 0. The highest BCUT2D eigenvalue weighted by Gasteiger charge is 2.34. The number of nitrogens with zero attached hydrogens (tertiary/aromatic N) is 1. The number of hydrogen-bond acceptors (Lipinski definition) is 2. The van der Waals surface area contributed by atoms with Gasteiger partial charge in [-0.2, -0.15) is 0 Å². The zero-order chi connectivity index (χ0) is 14.8. The smallest absolute Gasteiger partial charge is 0.256 e. The van der Waals surface area contributed by atoms with Crippen molar-refractivity contribution in [3.05, 3.63) is 65.2 Å². The summed E-state index contributed by atoms with van der Waals surface area (Å²) in [6.07, 6.45) is 2.18. The van der Waals surface area contributed by atoms with Gasteiger partial charge in [0.25, 0.3) is 5.91 Å². The lowest BCUT2D eigenvalue weighted by molar-refractivity contribution is 0.0730. The van der Waals surface area contributed by atoms with Gasteiger partial charge in [0.15, 0.2) is 0 Å². The summed E-state index contributed by atoms with van der Waals surface area (Å²) in [6, 6.07) is 16.1. The van der Waals surface area contributed by atoms with E-state index in [1.165, 1.54) is 0 Å².